The van der Waals surface area contributed by atoms with Crippen LogP contribution in [0.3, 0.4) is 0 Å². The van der Waals surface area contributed by atoms with Gasteiger partial charge in [-0.05, 0) is 49.2 Å². The van der Waals surface area contributed by atoms with Crippen LogP contribution in [0.5, 0.6) is 0 Å². The quantitative estimate of drug-likeness (QED) is 0.496. The Hall–Kier alpha value is -2.96. The van der Waals surface area contributed by atoms with Crippen molar-refractivity contribution in [3.63, 3.8) is 0 Å². The molecule has 8 heteroatoms. The van der Waals surface area contributed by atoms with E-state index in [1.807, 2.05) is 19.9 Å². The van der Waals surface area contributed by atoms with Gasteiger partial charge in [0.25, 0.3) is 5.91 Å². The molecule has 0 bridgehead atoms. The summed E-state index contributed by atoms with van der Waals surface area (Å²) < 4.78 is 1.77. The molecule has 1 aromatic carbocycles. The molecule has 0 saturated carbocycles. The highest BCUT2D eigenvalue weighted by Gasteiger charge is 2.19. The summed E-state index contributed by atoms with van der Waals surface area (Å²) in [6.45, 7) is 4.35. The molecule has 0 aliphatic carbocycles. The highest BCUT2D eigenvalue weighted by molar-refractivity contribution is 6.39. The standard InChI is InChI=1S/C21H17Cl2N5O/c1-12-7-14(9-24-8-12)11-28-20-18(13(2)27-28)19(23)17(10-25-20)21(29)26-16-5-3-15(22)4-6-16/h3-10H,11H2,1-2H3,(H,26,29). The number of nitrogens with one attached hydrogen (secondary N) is 1. The molecular formula is C21H17Cl2N5O. The molecule has 6 nitrogen and oxygen atoms in total. The van der Waals surface area contributed by atoms with Crippen LogP contribution in [0.2, 0.25) is 10.0 Å². The van der Waals surface area contributed by atoms with Crippen LogP contribution in [0.4, 0.5) is 5.69 Å². The van der Waals surface area contributed by atoms with Gasteiger partial charge in [0.05, 0.1) is 28.2 Å². The van der Waals surface area contributed by atoms with Gasteiger partial charge in [0.1, 0.15) is 0 Å². The van der Waals surface area contributed by atoms with Crippen molar-refractivity contribution in [2.45, 2.75) is 20.4 Å². The van der Waals surface area contributed by atoms with E-state index in [4.69, 9.17) is 23.2 Å². The second-order valence-corrected chi connectivity index (χ2v) is 7.57. The first kappa shape index (κ1) is 19.4. The molecule has 3 aromatic heterocycles. The lowest BCUT2D eigenvalue weighted by Gasteiger charge is -2.08. The second-order valence-electron chi connectivity index (χ2n) is 6.76. The van der Waals surface area contributed by atoms with Crippen LogP contribution in [-0.2, 0) is 6.54 Å². The van der Waals surface area contributed by atoms with Gasteiger partial charge in [-0.15, -0.1) is 0 Å². The van der Waals surface area contributed by atoms with Crippen LogP contribution < -0.4 is 5.32 Å². The Morgan fingerprint density at radius 2 is 1.86 bits per heavy atom. The number of aryl methyl sites for hydroxylation is 2. The number of nitrogens with zero attached hydrogens (tertiary/aromatic N) is 4. The molecule has 3 heterocycles. The second kappa shape index (κ2) is 7.81. The highest BCUT2D eigenvalue weighted by Crippen LogP contribution is 2.29. The van der Waals surface area contributed by atoms with Crippen molar-refractivity contribution in [2.24, 2.45) is 0 Å². The van der Waals surface area contributed by atoms with Crippen molar-refractivity contribution in [3.8, 4) is 0 Å². The van der Waals surface area contributed by atoms with E-state index in [2.05, 4.69) is 20.4 Å². The number of amides is 1. The summed E-state index contributed by atoms with van der Waals surface area (Å²) in [4.78, 5) is 21.4. The van der Waals surface area contributed by atoms with Gasteiger partial charge < -0.3 is 5.32 Å². The first-order chi connectivity index (χ1) is 13.9. The summed E-state index contributed by atoms with van der Waals surface area (Å²) in [7, 11) is 0. The Bertz CT molecular complexity index is 1220. The maximum absolute atomic E-state index is 12.7. The van der Waals surface area contributed by atoms with Crippen molar-refractivity contribution in [3.05, 3.63) is 81.4 Å². The van der Waals surface area contributed by atoms with Crippen LogP contribution >= 0.6 is 23.2 Å². The van der Waals surface area contributed by atoms with Gasteiger partial charge in [-0.3, -0.25) is 9.78 Å². The lowest BCUT2D eigenvalue weighted by atomic mass is 10.2. The summed E-state index contributed by atoms with van der Waals surface area (Å²) in [5, 5.41) is 8.95. The molecule has 4 rings (SSSR count). The summed E-state index contributed by atoms with van der Waals surface area (Å²) in [6.07, 6.45) is 5.07. The van der Waals surface area contributed by atoms with Gasteiger partial charge in [-0.1, -0.05) is 29.3 Å². The van der Waals surface area contributed by atoms with Crippen LogP contribution in [0, 0.1) is 13.8 Å². The topological polar surface area (TPSA) is 72.7 Å². The summed E-state index contributed by atoms with van der Waals surface area (Å²) in [5.74, 6) is -0.346. The fourth-order valence-electron chi connectivity index (χ4n) is 3.15. The minimum absolute atomic E-state index is 0.286. The highest BCUT2D eigenvalue weighted by atomic mass is 35.5. The summed E-state index contributed by atoms with van der Waals surface area (Å²) >= 11 is 12.5. The third-order valence-corrected chi connectivity index (χ3v) is 5.13. The van der Waals surface area contributed by atoms with E-state index >= 15 is 0 Å². The van der Waals surface area contributed by atoms with Crippen molar-refractivity contribution in [1.29, 1.82) is 0 Å². The zero-order valence-corrected chi connectivity index (χ0v) is 17.3. The van der Waals surface area contributed by atoms with E-state index in [-0.39, 0.29) is 11.5 Å². The number of fused-ring (bicyclic) bond motifs is 1. The largest absolute Gasteiger partial charge is 0.322 e. The Morgan fingerprint density at radius 3 is 2.59 bits per heavy atom. The predicted molar refractivity (Wildman–Crippen MR) is 115 cm³/mol. The van der Waals surface area contributed by atoms with Crippen LogP contribution in [-0.4, -0.2) is 25.7 Å². The van der Waals surface area contributed by atoms with Gasteiger partial charge in [0.2, 0.25) is 0 Å². The summed E-state index contributed by atoms with van der Waals surface area (Å²) in [6, 6.07) is 8.90. The first-order valence-corrected chi connectivity index (χ1v) is 9.67. The van der Waals surface area contributed by atoms with Crippen molar-refractivity contribution in [1.82, 2.24) is 19.7 Å². The molecule has 0 unspecified atom stereocenters. The van der Waals surface area contributed by atoms with Gasteiger partial charge in [0, 0.05) is 29.3 Å². The smallest absolute Gasteiger partial charge is 0.258 e. The lowest BCUT2D eigenvalue weighted by Crippen LogP contribution is -2.13. The Morgan fingerprint density at radius 1 is 1.10 bits per heavy atom. The number of carbonyl (C=O) groups excluding carboxylic acids is 1. The Balaban J connectivity index is 1.67. The molecule has 0 saturated heterocycles. The average Bonchev–Trinajstić information content (AvgIpc) is 3.00. The normalized spacial score (nSPS) is 11.0. The molecule has 1 N–H and O–H groups in total. The molecular weight excluding hydrogens is 409 g/mol. The number of rotatable bonds is 4. The fraction of sp³-hybridized carbons (Fsp3) is 0.143. The van der Waals surface area contributed by atoms with E-state index < -0.39 is 0 Å². The minimum atomic E-state index is -0.346. The van der Waals surface area contributed by atoms with E-state index in [1.165, 1.54) is 6.20 Å². The minimum Gasteiger partial charge on any atom is -0.322 e. The SMILES string of the molecule is Cc1cncc(Cn2nc(C)c3c(Cl)c(C(=O)Nc4ccc(Cl)cc4)cnc32)c1. The number of anilines is 1. The molecule has 0 aliphatic rings. The van der Waals surface area contributed by atoms with Crippen molar-refractivity contribution < 1.29 is 4.79 Å². The number of benzene rings is 1. The maximum Gasteiger partial charge on any atom is 0.258 e. The number of hydrogen-bond acceptors (Lipinski definition) is 4. The zero-order valence-electron chi connectivity index (χ0n) is 15.8. The number of aromatic nitrogens is 4. The van der Waals surface area contributed by atoms with Crippen LogP contribution in [0.25, 0.3) is 11.0 Å². The predicted octanol–water partition coefficient (Wildman–Crippen LogP) is 5.05. The lowest BCUT2D eigenvalue weighted by molar-refractivity contribution is 0.102. The molecule has 0 aliphatic heterocycles. The average molecular weight is 426 g/mol. The van der Waals surface area contributed by atoms with E-state index in [9.17, 15) is 4.79 Å². The van der Waals surface area contributed by atoms with E-state index in [0.717, 1.165) is 11.1 Å². The Labute approximate surface area is 177 Å². The first-order valence-electron chi connectivity index (χ1n) is 8.91. The van der Waals surface area contributed by atoms with Gasteiger partial charge >= 0.3 is 0 Å². The maximum atomic E-state index is 12.7. The van der Waals surface area contributed by atoms with Crippen LogP contribution in [0.1, 0.15) is 27.2 Å². The van der Waals surface area contributed by atoms with E-state index in [0.29, 0.717) is 39.0 Å². The Kier molecular flexibility index (Phi) is 5.22. The summed E-state index contributed by atoms with van der Waals surface area (Å²) in [5.41, 5.74) is 4.32. The number of pyridine rings is 2. The molecule has 29 heavy (non-hydrogen) atoms. The molecule has 4 aromatic rings. The van der Waals surface area contributed by atoms with Crippen molar-refractivity contribution >= 4 is 45.8 Å². The third-order valence-electron chi connectivity index (χ3n) is 4.48. The van der Waals surface area contributed by atoms with Crippen molar-refractivity contribution in [2.75, 3.05) is 5.32 Å². The number of halogens is 2. The van der Waals surface area contributed by atoms with E-state index in [1.54, 1.807) is 41.3 Å². The number of carbonyl (C=O) groups is 1. The number of hydrogen-bond donors (Lipinski definition) is 1. The molecule has 0 spiro atoms. The molecule has 146 valence electrons. The molecule has 0 radical (unpaired) electrons. The zero-order chi connectivity index (χ0) is 20.5. The molecule has 1 amide bonds. The van der Waals surface area contributed by atoms with Gasteiger partial charge in [0.15, 0.2) is 5.65 Å². The monoisotopic (exact) mass is 425 g/mol. The fourth-order valence-corrected chi connectivity index (χ4v) is 3.63. The molecule has 0 atom stereocenters. The van der Waals surface area contributed by atoms with Gasteiger partial charge in [-0.25, -0.2) is 9.67 Å². The molecule has 0 fully saturated rings. The third kappa shape index (κ3) is 3.95. The van der Waals surface area contributed by atoms with Crippen LogP contribution in [0.15, 0.2) is 48.9 Å². The van der Waals surface area contributed by atoms with Gasteiger partial charge in [-0.2, -0.15) is 5.10 Å².